The topological polar surface area (TPSA) is 25.2 Å². The van der Waals surface area contributed by atoms with Gasteiger partial charge in [-0.3, -0.25) is 0 Å². The predicted octanol–water partition coefficient (Wildman–Crippen LogP) is 3.57. The zero-order valence-electron chi connectivity index (χ0n) is 9.06. The standard InChI is InChI=1S/C11H18BrNO/c1-11(2,3)6-7-13-8-9-4-5-10(12)14-9/h4-5,13H,6-8H2,1-3H3. The largest absolute Gasteiger partial charge is 0.453 e. The molecular weight excluding hydrogens is 242 g/mol. The maximum Gasteiger partial charge on any atom is 0.169 e. The van der Waals surface area contributed by atoms with Crippen molar-refractivity contribution in [2.45, 2.75) is 33.7 Å². The summed E-state index contributed by atoms with van der Waals surface area (Å²) in [5.41, 5.74) is 0.400. The van der Waals surface area contributed by atoms with Gasteiger partial charge in [-0.25, -0.2) is 0 Å². The van der Waals surface area contributed by atoms with Crippen molar-refractivity contribution in [1.29, 1.82) is 0 Å². The molecule has 0 unspecified atom stereocenters. The van der Waals surface area contributed by atoms with Crippen molar-refractivity contribution in [2.24, 2.45) is 5.41 Å². The normalized spacial score (nSPS) is 12.0. The zero-order chi connectivity index (χ0) is 10.6. The van der Waals surface area contributed by atoms with Gasteiger partial charge in [0.1, 0.15) is 5.76 Å². The van der Waals surface area contributed by atoms with Crippen molar-refractivity contribution in [2.75, 3.05) is 6.54 Å². The number of hydrogen-bond acceptors (Lipinski definition) is 2. The Morgan fingerprint density at radius 2 is 2.07 bits per heavy atom. The molecule has 0 saturated carbocycles. The third kappa shape index (κ3) is 4.82. The molecular formula is C11H18BrNO. The lowest BCUT2D eigenvalue weighted by atomic mass is 9.92. The molecule has 0 saturated heterocycles. The minimum Gasteiger partial charge on any atom is -0.453 e. The molecule has 3 heteroatoms. The molecule has 1 aromatic heterocycles. The summed E-state index contributed by atoms with van der Waals surface area (Å²) in [6.45, 7) is 8.58. The molecule has 2 nitrogen and oxygen atoms in total. The van der Waals surface area contributed by atoms with Crippen LogP contribution in [0.5, 0.6) is 0 Å². The van der Waals surface area contributed by atoms with E-state index in [9.17, 15) is 0 Å². The summed E-state index contributed by atoms with van der Waals surface area (Å²) in [7, 11) is 0. The summed E-state index contributed by atoms with van der Waals surface area (Å²) in [6.07, 6.45) is 1.18. The molecule has 0 aromatic carbocycles. The first kappa shape index (κ1) is 11.8. The van der Waals surface area contributed by atoms with Gasteiger partial charge in [-0.1, -0.05) is 20.8 Å². The van der Waals surface area contributed by atoms with Crippen molar-refractivity contribution in [3.8, 4) is 0 Å². The molecule has 1 heterocycles. The minimum atomic E-state index is 0.400. The molecule has 0 radical (unpaired) electrons. The van der Waals surface area contributed by atoms with Crippen LogP contribution in [0.25, 0.3) is 0 Å². The van der Waals surface area contributed by atoms with E-state index in [1.54, 1.807) is 0 Å². The summed E-state index contributed by atoms with van der Waals surface area (Å²) < 4.78 is 6.17. The molecule has 1 aromatic rings. The number of furan rings is 1. The van der Waals surface area contributed by atoms with Crippen LogP contribution in [0.1, 0.15) is 33.0 Å². The summed E-state index contributed by atoms with van der Waals surface area (Å²) in [5.74, 6) is 0.978. The van der Waals surface area contributed by atoms with Crippen molar-refractivity contribution in [3.63, 3.8) is 0 Å². The number of hydrogen-bond donors (Lipinski definition) is 1. The average Bonchev–Trinajstić information content (AvgIpc) is 2.44. The first-order chi connectivity index (χ1) is 6.47. The fourth-order valence-corrected chi connectivity index (χ4v) is 1.46. The number of halogens is 1. The van der Waals surface area contributed by atoms with Crippen LogP contribution >= 0.6 is 15.9 Å². The first-order valence-corrected chi connectivity index (χ1v) is 5.72. The van der Waals surface area contributed by atoms with Crippen LogP contribution < -0.4 is 5.32 Å². The van der Waals surface area contributed by atoms with Crippen LogP contribution in [-0.4, -0.2) is 6.54 Å². The highest BCUT2D eigenvalue weighted by molar-refractivity contribution is 9.10. The Morgan fingerprint density at radius 3 is 2.57 bits per heavy atom. The molecule has 0 aliphatic rings. The zero-order valence-corrected chi connectivity index (χ0v) is 10.6. The van der Waals surface area contributed by atoms with E-state index in [0.29, 0.717) is 5.41 Å². The molecule has 80 valence electrons. The summed E-state index contributed by atoms with van der Waals surface area (Å²) >= 11 is 3.28. The Kier molecular flexibility index (Phi) is 4.20. The van der Waals surface area contributed by atoms with Gasteiger partial charge < -0.3 is 9.73 Å². The van der Waals surface area contributed by atoms with Crippen molar-refractivity contribution >= 4 is 15.9 Å². The van der Waals surface area contributed by atoms with Gasteiger partial charge >= 0.3 is 0 Å². The summed E-state index contributed by atoms with van der Waals surface area (Å²) in [4.78, 5) is 0. The van der Waals surface area contributed by atoms with Crippen LogP contribution in [0.4, 0.5) is 0 Å². The monoisotopic (exact) mass is 259 g/mol. The SMILES string of the molecule is CC(C)(C)CCNCc1ccc(Br)o1. The quantitative estimate of drug-likeness (QED) is 0.837. The third-order valence-corrected chi connectivity index (χ3v) is 2.41. The lowest BCUT2D eigenvalue weighted by molar-refractivity contribution is 0.360. The van der Waals surface area contributed by atoms with E-state index < -0.39 is 0 Å². The van der Waals surface area contributed by atoms with Gasteiger partial charge in [-0.05, 0) is 46.4 Å². The van der Waals surface area contributed by atoms with E-state index in [-0.39, 0.29) is 0 Å². The van der Waals surface area contributed by atoms with Crippen molar-refractivity contribution < 1.29 is 4.42 Å². The maximum absolute atomic E-state index is 5.37. The van der Waals surface area contributed by atoms with Gasteiger partial charge in [-0.15, -0.1) is 0 Å². The van der Waals surface area contributed by atoms with Crippen LogP contribution in [0, 0.1) is 5.41 Å². The smallest absolute Gasteiger partial charge is 0.169 e. The Balaban J connectivity index is 2.16. The van der Waals surface area contributed by atoms with E-state index in [1.165, 1.54) is 6.42 Å². The molecule has 0 aliphatic carbocycles. The fourth-order valence-electron chi connectivity index (χ4n) is 1.12. The Morgan fingerprint density at radius 1 is 1.36 bits per heavy atom. The van der Waals surface area contributed by atoms with E-state index in [4.69, 9.17) is 4.42 Å². The van der Waals surface area contributed by atoms with E-state index >= 15 is 0 Å². The molecule has 0 spiro atoms. The molecule has 0 amide bonds. The van der Waals surface area contributed by atoms with E-state index in [2.05, 4.69) is 42.0 Å². The van der Waals surface area contributed by atoms with Crippen molar-refractivity contribution in [3.05, 3.63) is 22.6 Å². The maximum atomic E-state index is 5.37. The van der Waals surface area contributed by atoms with E-state index in [0.717, 1.165) is 23.5 Å². The molecule has 14 heavy (non-hydrogen) atoms. The second kappa shape index (κ2) is 4.99. The summed E-state index contributed by atoms with van der Waals surface area (Å²) in [5, 5.41) is 3.36. The average molecular weight is 260 g/mol. The molecule has 1 N–H and O–H groups in total. The van der Waals surface area contributed by atoms with Crippen LogP contribution in [0.3, 0.4) is 0 Å². The second-order valence-electron chi connectivity index (χ2n) is 4.69. The van der Waals surface area contributed by atoms with E-state index in [1.807, 2.05) is 12.1 Å². The van der Waals surface area contributed by atoms with Gasteiger partial charge in [-0.2, -0.15) is 0 Å². The highest BCUT2D eigenvalue weighted by Crippen LogP contribution is 2.17. The molecule has 0 fully saturated rings. The van der Waals surface area contributed by atoms with Crippen LogP contribution in [0.2, 0.25) is 0 Å². The van der Waals surface area contributed by atoms with Gasteiger partial charge in [0, 0.05) is 0 Å². The van der Waals surface area contributed by atoms with Crippen LogP contribution in [0.15, 0.2) is 21.2 Å². The Hall–Kier alpha value is -0.280. The van der Waals surface area contributed by atoms with Gasteiger partial charge in [0.2, 0.25) is 0 Å². The number of nitrogens with one attached hydrogen (secondary N) is 1. The molecule has 0 aliphatic heterocycles. The van der Waals surface area contributed by atoms with Crippen LogP contribution in [-0.2, 0) is 6.54 Å². The lowest BCUT2D eigenvalue weighted by Gasteiger charge is -2.17. The summed E-state index contributed by atoms with van der Waals surface area (Å²) in [6, 6.07) is 3.90. The Bertz CT molecular complexity index is 275. The molecule has 0 atom stereocenters. The predicted molar refractivity (Wildman–Crippen MR) is 62.2 cm³/mol. The fraction of sp³-hybridized carbons (Fsp3) is 0.636. The number of rotatable bonds is 4. The van der Waals surface area contributed by atoms with Gasteiger partial charge in [0.15, 0.2) is 4.67 Å². The lowest BCUT2D eigenvalue weighted by Crippen LogP contribution is -2.19. The Labute approximate surface area is 94.2 Å². The first-order valence-electron chi connectivity index (χ1n) is 4.92. The van der Waals surface area contributed by atoms with Gasteiger partial charge in [0.05, 0.1) is 6.54 Å². The molecule has 0 bridgehead atoms. The molecule has 1 rings (SSSR count). The minimum absolute atomic E-state index is 0.400. The van der Waals surface area contributed by atoms with Crippen molar-refractivity contribution in [1.82, 2.24) is 5.32 Å². The highest BCUT2D eigenvalue weighted by atomic mass is 79.9. The van der Waals surface area contributed by atoms with Gasteiger partial charge in [0.25, 0.3) is 0 Å². The third-order valence-electron chi connectivity index (χ3n) is 1.98. The second-order valence-corrected chi connectivity index (χ2v) is 5.47. The highest BCUT2D eigenvalue weighted by Gasteiger charge is 2.08.